The molecule has 0 saturated carbocycles. The van der Waals surface area contributed by atoms with Crippen molar-refractivity contribution in [2.45, 2.75) is 13.0 Å². The fourth-order valence-corrected chi connectivity index (χ4v) is 3.29. The lowest BCUT2D eigenvalue weighted by atomic mass is 9.98. The molecule has 1 amide bonds. The molecule has 3 heterocycles. The average Bonchev–Trinajstić information content (AvgIpc) is 3.21. The van der Waals surface area contributed by atoms with Gasteiger partial charge in [0.2, 0.25) is 5.95 Å². The van der Waals surface area contributed by atoms with E-state index >= 15 is 0 Å². The number of hydrogen-bond acceptors (Lipinski definition) is 7. The highest BCUT2D eigenvalue weighted by Crippen LogP contribution is 2.35. The number of benzene rings is 1. The van der Waals surface area contributed by atoms with Crippen molar-refractivity contribution in [2.75, 3.05) is 24.9 Å². The molecule has 9 heteroatoms. The molecule has 0 fully saturated rings. The molecular weight excluding hydrogens is 372 g/mol. The Morgan fingerprint density at radius 1 is 1.17 bits per heavy atom. The molecule has 0 aliphatic carbocycles. The molecule has 1 aromatic carbocycles. The van der Waals surface area contributed by atoms with Gasteiger partial charge in [-0.1, -0.05) is 6.07 Å². The van der Waals surface area contributed by atoms with Gasteiger partial charge >= 0.3 is 0 Å². The summed E-state index contributed by atoms with van der Waals surface area (Å²) in [6.07, 6.45) is 3.13. The fraction of sp³-hybridized carbons (Fsp3) is 0.200. The Kier molecular flexibility index (Phi) is 4.86. The van der Waals surface area contributed by atoms with Crippen molar-refractivity contribution in [3.05, 3.63) is 65.9 Å². The third kappa shape index (κ3) is 3.38. The van der Waals surface area contributed by atoms with Gasteiger partial charge in [-0.2, -0.15) is 10.1 Å². The van der Waals surface area contributed by atoms with E-state index in [0.717, 1.165) is 0 Å². The Morgan fingerprint density at radius 2 is 2.03 bits per heavy atom. The van der Waals surface area contributed by atoms with E-state index in [4.69, 9.17) is 9.47 Å². The van der Waals surface area contributed by atoms with Crippen LogP contribution >= 0.6 is 0 Å². The van der Waals surface area contributed by atoms with Gasteiger partial charge in [0.15, 0.2) is 0 Å². The number of methoxy groups -OCH3 is 2. The Hall–Kier alpha value is -3.88. The van der Waals surface area contributed by atoms with Crippen molar-refractivity contribution >= 4 is 17.5 Å². The van der Waals surface area contributed by atoms with E-state index in [1.54, 1.807) is 36.2 Å². The van der Waals surface area contributed by atoms with Gasteiger partial charge in [0.05, 0.1) is 31.2 Å². The van der Waals surface area contributed by atoms with Crippen molar-refractivity contribution in [3.63, 3.8) is 0 Å². The normalized spacial score (nSPS) is 15.3. The summed E-state index contributed by atoms with van der Waals surface area (Å²) in [4.78, 5) is 22.0. The van der Waals surface area contributed by atoms with E-state index in [2.05, 4.69) is 25.7 Å². The first-order chi connectivity index (χ1) is 14.1. The molecule has 0 spiro atoms. The largest absolute Gasteiger partial charge is 0.497 e. The van der Waals surface area contributed by atoms with Gasteiger partial charge in [0.25, 0.3) is 5.91 Å². The van der Waals surface area contributed by atoms with Crippen LogP contribution in [0.3, 0.4) is 0 Å². The number of amides is 1. The van der Waals surface area contributed by atoms with Crippen LogP contribution in [-0.2, 0) is 4.79 Å². The van der Waals surface area contributed by atoms with Crippen LogP contribution in [-0.4, -0.2) is 39.9 Å². The predicted octanol–water partition coefficient (Wildman–Crippen LogP) is 2.62. The number of pyridine rings is 1. The topological polar surface area (TPSA) is 103 Å². The molecule has 0 bridgehead atoms. The zero-order valence-corrected chi connectivity index (χ0v) is 16.2. The van der Waals surface area contributed by atoms with Crippen molar-refractivity contribution < 1.29 is 14.3 Å². The second kappa shape index (κ2) is 7.63. The second-order valence-corrected chi connectivity index (χ2v) is 6.37. The standard InChI is InChI=1S/C20H20N6O3/c1-12-17(19(27)25-14-8-7-13(28-2)10-16(14)29-3)18(15-6-4-5-9-21-15)26-20(24-12)22-11-23-26/h4-11,18H,1-3H3,(H,25,27)(H,22,23,24)/t18-/m0/s1. The molecule has 2 N–H and O–H groups in total. The quantitative estimate of drug-likeness (QED) is 0.688. The minimum absolute atomic E-state index is 0.296. The van der Waals surface area contributed by atoms with Crippen LogP contribution in [0.1, 0.15) is 18.7 Å². The van der Waals surface area contributed by atoms with Gasteiger partial charge in [0.1, 0.15) is 23.9 Å². The first kappa shape index (κ1) is 18.5. The molecule has 1 aliphatic heterocycles. The predicted molar refractivity (Wildman–Crippen MR) is 107 cm³/mol. The van der Waals surface area contributed by atoms with Crippen molar-refractivity contribution in [2.24, 2.45) is 0 Å². The third-order valence-corrected chi connectivity index (χ3v) is 4.66. The molecular formula is C20H20N6O3. The van der Waals surface area contributed by atoms with E-state index in [0.29, 0.717) is 40.1 Å². The summed E-state index contributed by atoms with van der Waals surface area (Å²) < 4.78 is 12.3. The van der Waals surface area contributed by atoms with Gasteiger partial charge in [-0.25, -0.2) is 4.68 Å². The smallest absolute Gasteiger partial charge is 0.256 e. The van der Waals surface area contributed by atoms with Gasteiger partial charge in [0, 0.05) is 18.0 Å². The number of fused-ring (bicyclic) bond motifs is 1. The first-order valence-electron chi connectivity index (χ1n) is 8.94. The lowest BCUT2D eigenvalue weighted by Gasteiger charge is -2.28. The van der Waals surface area contributed by atoms with Crippen molar-refractivity contribution in [1.29, 1.82) is 0 Å². The molecule has 0 unspecified atom stereocenters. The highest BCUT2D eigenvalue weighted by atomic mass is 16.5. The number of rotatable bonds is 5. The van der Waals surface area contributed by atoms with Crippen LogP contribution in [0, 0.1) is 0 Å². The lowest BCUT2D eigenvalue weighted by molar-refractivity contribution is -0.113. The maximum absolute atomic E-state index is 13.3. The van der Waals surface area contributed by atoms with E-state index < -0.39 is 6.04 Å². The zero-order valence-electron chi connectivity index (χ0n) is 16.2. The Labute approximate surface area is 167 Å². The maximum atomic E-state index is 13.3. The van der Waals surface area contributed by atoms with Crippen LogP contribution in [0.2, 0.25) is 0 Å². The molecule has 148 valence electrons. The SMILES string of the molecule is COc1ccc(NC(=O)C2=C(C)Nc3ncnn3[C@H]2c2ccccn2)c(OC)c1. The van der Waals surface area contributed by atoms with Crippen LogP contribution in [0.5, 0.6) is 11.5 Å². The minimum atomic E-state index is -0.515. The number of anilines is 2. The van der Waals surface area contributed by atoms with Gasteiger partial charge < -0.3 is 20.1 Å². The van der Waals surface area contributed by atoms with Crippen LogP contribution in [0.4, 0.5) is 11.6 Å². The Morgan fingerprint density at radius 3 is 2.76 bits per heavy atom. The molecule has 0 saturated heterocycles. The number of ether oxygens (including phenoxy) is 2. The number of hydrogen-bond donors (Lipinski definition) is 2. The molecule has 2 aromatic heterocycles. The number of nitrogens with one attached hydrogen (secondary N) is 2. The minimum Gasteiger partial charge on any atom is -0.497 e. The van der Waals surface area contributed by atoms with Crippen molar-refractivity contribution in [3.8, 4) is 11.5 Å². The lowest BCUT2D eigenvalue weighted by Crippen LogP contribution is -2.32. The molecule has 1 aliphatic rings. The average molecular weight is 392 g/mol. The zero-order chi connectivity index (χ0) is 20.4. The number of carbonyl (C=O) groups is 1. The summed E-state index contributed by atoms with van der Waals surface area (Å²) in [7, 11) is 3.11. The monoisotopic (exact) mass is 392 g/mol. The van der Waals surface area contributed by atoms with Gasteiger partial charge in [-0.3, -0.25) is 9.78 Å². The molecule has 3 aromatic rings. The summed E-state index contributed by atoms with van der Waals surface area (Å²) in [5, 5.41) is 10.4. The molecule has 9 nitrogen and oxygen atoms in total. The Balaban J connectivity index is 1.73. The second-order valence-electron chi connectivity index (χ2n) is 6.37. The van der Waals surface area contributed by atoms with Gasteiger partial charge in [-0.15, -0.1) is 0 Å². The summed E-state index contributed by atoms with van der Waals surface area (Å²) in [6, 6.07) is 10.2. The number of aromatic nitrogens is 4. The van der Waals surface area contributed by atoms with E-state index in [-0.39, 0.29) is 5.91 Å². The Bertz CT molecular complexity index is 1080. The molecule has 0 radical (unpaired) electrons. The summed E-state index contributed by atoms with van der Waals surface area (Å²) >= 11 is 0. The fourth-order valence-electron chi connectivity index (χ4n) is 3.29. The number of nitrogens with zero attached hydrogens (tertiary/aromatic N) is 4. The summed E-state index contributed by atoms with van der Waals surface area (Å²) in [6.45, 7) is 1.83. The van der Waals surface area contributed by atoms with Gasteiger partial charge in [-0.05, 0) is 31.2 Å². The third-order valence-electron chi connectivity index (χ3n) is 4.66. The van der Waals surface area contributed by atoms with Crippen LogP contribution in [0.25, 0.3) is 0 Å². The van der Waals surface area contributed by atoms with E-state index in [9.17, 15) is 4.79 Å². The highest BCUT2D eigenvalue weighted by molar-refractivity contribution is 6.06. The number of carbonyl (C=O) groups excluding carboxylic acids is 1. The maximum Gasteiger partial charge on any atom is 0.256 e. The van der Waals surface area contributed by atoms with Crippen molar-refractivity contribution in [1.82, 2.24) is 19.7 Å². The molecule has 29 heavy (non-hydrogen) atoms. The van der Waals surface area contributed by atoms with E-state index in [1.807, 2.05) is 25.1 Å². The molecule has 4 rings (SSSR count). The molecule has 1 atom stereocenters. The van der Waals surface area contributed by atoms with Crippen LogP contribution in [0.15, 0.2) is 60.2 Å². The number of allylic oxidation sites excluding steroid dienone is 1. The van der Waals surface area contributed by atoms with E-state index in [1.165, 1.54) is 13.4 Å². The summed E-state index contributed by atoms with van der Waals surface area (Å²) in [5.74, 6) is 1.38. The highest BCUT2D eigenvalue weighted by Gasteiger charge is 2.34. The van der Waals surface area contributed by atoms with Crippen LogP contribution < -0.4 is 20.1 Å². The first-order valence-corrected chi connectivity index (χ1v) is 8.94. The summed E-state index contributed by atoms with van der Waals surface area (Å²) in [5.41, 5.74) is 2.38.